The Labute approximate surface area is 47.3 Å². The Morgan fingerprint density at radius 1 is 1.75 bits per heavy atom. The summed E-state index contributed by atoms with van der Waals surface area (Å²) in [5, 5.41) is 0. The van der Waals surface area contributed by atoms with Gasteiger partial charge in [-0.05, 0) is 6.58 Å². The molecular weight excluding hydrogens is 108 g/mol. The highest BCUT2D eigenvalue weighted by atomic mass is 16.7. The maximum absolute atomic E-state index is 10.1. The average Bonchev–Trinajstić information content (AvgIpc) is 1.65. The zero-order valence-electron chi connectivity index (χ0n) is 4.64. The summed E-state index contributed by atoms with van der Waals surface area (Å²) in [7, 11) is 0. The summed E-state index contributed by atoms with van der Waals surface area (Å²) in [4.78, 5) is 10.1. The number of rotatable bonds is 1. The number of carbonyl (C=O) groups excluding carboxylic acids is 2. The molecule has 0 saturated heterocycles. The molecule has 0 amide bonds. The summed E-state index contributed by atoms with van der Waals surface area (Å²) >= 11 is 0. The van der Waals surface area contributed by atoms with E-state index in [1.807, 2.05) is 0 Å². The van der Waals surface area contributed by atoms with Crippen molar-refractivity contribution in [3.63, 3.8) is 0 Å². The zero-order valence-corrected chi connectivity index (χ0v) is 4.64. The Balaban J connectivity index is 3.55. The van der Waals surface area contributed by atoms with E-state index in [0.29, 0.717) is 5.76 Å². The van der Waals surface area contributed by atoms with Crippen LogP contribution < -0.4 is 0 Å². The number of hydrogen-bond donors (Lipinski definition) is 0. The van der Waals surface area contributed by atoms with E-state index in [1.165, 1.54) is 6.92 Å². The Morgan fingerprint density at radius 2 is 2.25 bits per heavy atom. The Bertz CT molecular complexity index is 126. The molecule has 0 spiro atoms. The maximum atomic E-state index is 10.1. The van der Waals surface area contributed by atoms with Gasteiger partial charge in [-0.25, -0.2) is 0 Å². The van der Waals surface area contributed by atoms with Crippen molar-refractivity contribution in [1.82, 2.24) is 0 Å². The van der Waals surface area contributed by atoms with Crippen LogP contribution in [0.15, 0.2) is 12.3 Å². The van der Waals surface area contributed by atoms with Crippen LogP contribution in [0.4, 0.5) is 4.79 Å². The molecule has 0 atom stereocenters. The third-order valence-corrected chi connectivity index (χ3v) is 0.375. The third-order valence-electron chi connectivity index (χ3n) is 0.375. The number of ether oxygens (including phenoxy) is 1. The second-order valence-electron chi connectivity index (χ2n) is 1.20. The maximum Gasteiger partial charge on any atom is 0.788 e. The van der Waals surface area contributed by atoms with Gasteiger partial charge < -0.3 is 0 Å². The molecule has 0 radical (unpaired) electrons. The first kappa shape index (κ1) is 6.88. The van der Waals surface area contributed by atoms with Gasteiger partial charge in [0.05, 0.1) is 0 Å². The van der Waals surface area contributed by atoms with Crippen molar-refractivity contribution in [2.75, 3.05) is 0 Å². The fourth-order valence-corrected chi connectivity index (χ4v) is 0.172. The summed E-state index contributed by atoms with van der Waals surface area (Å²) in [6.45, 7) is 7.65. The number of allylic oxidation sites excluding steroid dienone is 1. The molecule has 0 unspecified atom stereocenters. The van der Waals surface area contributed by atoms with Crippen molar-refractivity contribution < 1.29 is 14.0 Å². The van der Waals surface area contributed by atoms with Crippen molar-refractivity contribution in [3.05, 3.63) is 12.3 Å². The highest BCUT2D eigenvalue weighted by molar-refractivity contribution is 5.58. The molecule has 0 fully saturated rings. The van der Waals surface area contributed by atoms with Crippen LogP contribution in [-0.2, 0) is 9.16 Å². The van der Waals surface area contributed by atoms with Crippen LogP contribution in [0.1, 0.15) is 6.92 Å². The highest BCUT2D eigenvalue weighted by Gasteiger charge is 2.12. The Kier molecular flexibility index (Phi) is 2.54. The van der Waals surface area contributed by atoms with E-state index in [0.717, 1.165) is 0 Å². The molecule has 0 aromatic rings. The molecule has 44 valence electrons. The van der Waals surface area contributed by atoms with Gasteiger partial charge in [-0.1, -0.05) is 0 Å². The first-order valence-corrected chi connectivity index (χ1v) is 1.96. The fourth-order valence-electron chi connectivity index (χ4n) is 0.172. The van der Waals surface area contributed by atoms with E-state index in [2.05, 4.69) is 22.5 Å². The molecule has 0 heterocycles. The first-order chi connectivity index (χ1) is 3.66. The largest absolute Gasteiger partial charge is 0.788 e. The van der Waals surface area contributed by atoms with Gasteiger partial charge in [0.1, 0.15) is 6.79 Å². The average molecular weight is 115 g/mol. The molecule has 0 saturated carbocycles. The summed E-state index contributed by atoms with van der Waals surface area (Å²) in [5.41, 5.74) is 0. The monoisotopic (exact) mass is 115 g/mol. The van der Waals surface area contributed by atoms with Gasteiger partial charge in [-0.2, -0.15) is 0 Å². The predicted octanol–water partition coefficient (Wildman–Crippen LogP) is 1.02. The van der Waals surface area contributed by atoms with Gasteiger partial charge in [-0.3, -0.25) is 9.16 Å². The van der Waals surface area contributed by atoms with Crippen LogP contribution in [0, 0.1) is 0 Å². The predicted molar refractivity (Wildman–Crippen MR) is 28.4 cm³/mol. The molecule has 0 rings (SSSR count). The van der Waals surface area contributed by atoms with Crippen molar-refractivity contribution in [2.24, 2.45) is 0 Å². The zero-order chi connectivity index (χ0) is 6.57. The highest BCUT2D eigenvalue weighted by Crippen LogP contribution is 1.89. The molecule has 0 bridgehead atoms. The Morgan fingerprint density at radius 3 is 2.38 bits per heavy atom. The molecule has 0 aromatic heterocycles. The van der Waals surface area contributed by atoms with Gasteiger partial charge in [0.25, 0.3) is 0 Å². The molecule has 0 aliphatic carbocycles. The lowest BCUT2D eigenvalue weighted by atomic mass is 10.7. The first-order valence-electron chi connectivity index (χ1n) is 1.96. The minimum Gasteiger partial charge on any atom is -0.289 e. The van der Waals surface area contributed by atoms with Crippen molar-refractivity contribution in [3.8, 4) is 0 Å². The van der Waals surface area contributed by atoms with Crippen LogP contribution >= 0.6 is 0 Å². The summed E-state index contributed by atoms with van der Waals surface area (Å²) < 4.78 is 8.17. The van der Waals surface area contributed by atoms with Crippen LogP contribution in [0.25, 0.3) is 0 Å². The topological polar surface area (TPSA) is 37.6 Å². The van der Waals surface area contributed by atoms with Crippen LogP contribution in [-0.4, -0.2) is 12.9 Å². The minimum absolute atomic E-state index is 0.290. The molecule has 0 aromatic carbocycles. The molecular formula is C5H7O3+. The summed E-state index contributed by atoms with van der Waals surface area (Å²) in [6.07, 6.45) is -0.836. The van der Waals surface area contributed by atoms with Crippen LogP contribution in [0.2, 0.25) is 0 Å². The second kappa shape index (κ2) is 2.96. The van der Waals surface area contributed by atoms with Gasteiger partial charge in [-0.15, -0.1) is 0 Å². The molecule has 0 N–H and O–H groups in total. The van der Waals surface area contributed by atoms with Gasteiger partial charge >= 0.3 is 6.16 Å². The van der Waals surface area contributed by atoms with Gasteiger partial charge in [0.15, 0.2) is 5.76 Å². The van der Waals surface area contributed by atoms with E-state index < -0.39 is 6.16 Å². The summed E-state index contributed by atoms with van der Waals surface area (Å²) in [5.74, 6) is 0.290. The molecule has 3 heteroatoms. The fraction of sp³-hybridized carbons (Fsp3) is 0.200. The van der Waals surface area contributed by atoms with Crippen molar-refractivity contribution >= 4 is 12.9 Å². The van der Waals surface area contributed by atoms with E-state index >= 15 is 0 Å². The second-order valence-corrected chi connectivity index (χ2v) is 1.20. The smallest absolute Gasteiger partial charge is 0.289 e. The van der Waals surface area contributed by atoms with Crippen molar-refractivity contribution in [1.29, 1.82) is 0 Å². The van der Waals surface area contributed by atoms with E-state index in [4.69, 9.17) is 0 Å². The third kappa shape index (κ3) is 3.08. The van der Waals surface area contributed by atoms with Crippen LogP contribution in [0.3, 0.4) is 0 Å². The molecule has 8 heavy (non-hydrogen) atoms. The van der Waals surface area contributed by atoms with E-state index in [1.54, 1.807) is 0 Å². The Hall–Kier alpha value is -1.12. The molecule has 0 aliphatic rings. The van der Waals surface area contributed by atoms with E-state index in [-0.39, 0.29) is 0 Å². The van der Waals surface area contributed by atoms with E-state index in [9.17, 15) is 4.79 Å². The lowest BCUT2D eigenvalue weighted by molar-refractivity contribution is -0.354. The molecule has 3 nitrogen and oxygen atoms in total. The van der Waals surface area contributed by atoms with Gasteiger partial charge in [0.2, 0.25) is 0 Å². The lowest BCUT2D eigenvalue weighted by Crippen LogP contribution is -1.97. The molecule has 0 aliphatic heterocycles. The quantitative estimate of drug-likeness (QED) is 0.290. The minimum atomic E-state index is -0.836. The SMILES string of the molecule is C=[O+]C(=O)OC(=C)C. The number of hydrogen-bond acceptors (Lipinski definition) is 2. The number of carbonyl (C=O) groups is 1. The summed E-state index contributed by atoms with van der Waals surface area (Å²) in [6, 6.07) is 0. The van der Waals surface area contributed by atoms with Crippen molar-refractivity contribution in [2.45, 2.75) is 6.92 Å². The lowest BCUT2D eigenvalue weighted by Gasteiger charge is -1.80. The van der Waals surface area contributed by atoms with Gasteiger partial charge in [0, 0.05) is 11.7 Å². The normalized spacial score (nSPS) is 7.62. The standard InChI is InChI=1S/C5H7O3/c1-4(2)8-5(6)7-3/h1,3H2,2H3/q+1. The van der Waals surface area contributed by atoms with Crippen LogP contribution in [0.5, 0.6) is 0 Å².